The summed E-state index contributed by atoms with van der Waals surface area (Å²) < 4.78 is 11.4. The Hall–Kier alpha value is -1.59. The van der Waals surface area contributed by atoms with Gasteiger partial charge >= 0.3 is 5.97 Å². The molecule has 5 heteroatoms. The van der Waals surface area contributed by atoms with E-state index in [0.29, 0.717) is 25.4 Å². The summed E-state index contributed by atoms with van der Waals surface area (Å²) in [6.07, 6.45) is 4.21. The van der Waals surface area contributed by atoms with Gasteiger partial charge in [0.05, 0.1) is 5.60 Å². The third kappa shape index (κ3) is 2.83. The molecule has 0 spiro atoms. The summed E-state index contributed by atoms with van der Waals surface area (Å²) in [7, 11) is 1.76. The highest BCUT2D eigenvalue weighted by Crippen LogP contribution is 2.39. The lowest BCUT2D eigenvalue weighted by Gasteiger charge is -2.42. The van der Waals surface area contributed by atoms with Crippen LogP contribution in [0.25, 0.3) is 0 Å². The molecule has 3 rings (SSSR count). The molecule has 1 aliphatic heterocycles. The number of hydrogen-bond donors (Lipinski definition) is 1. The Labute approximate surface area is 130 Å². The normalized spacial score (nSPS) is 23.8. The Morgan fingerprint density at radius 1 is 1.45 bits per heavy atom. The summed E-state index contributed by atoms with van der Waals surface area (Å²) in [6, 6.07) is 6.79. The fraction of sp³-hybridized carbons (Fsp3) is 0.588. The molecule has 0 saturated heterocycles. The number of carboxylic acids is 1. The van der Waals surface area contributed by atoms with Crippen LogP contribution >= 0.6 is 0 Å². The lowest BCUT2D eigenvalue weighted by molar-refractivity contribution is -0.144. The summed E-state index contributed by atoms with van der Waals surface area (Å²) >= 11 is 0. The number of benzene rings is 1. The summed E-state index contributed by atoms with van der Waals surface area (Å²) in [5, 5.41) is 9.71. The maximum Gasteiger partial charge on any atom is 0.325 e. The van der Waals surface area contributed by atoms with Gasteiger partial charge in [-0.05, 0) is 31.7 Å². The minimum Gasteiger partial charge on any atom is -0.492 e. The van der Waals surface area contributed by atoms with Gasteiger partial charge in [0.2, 0.25) is 0 Å². The van der Waals surface area contributed by atoms with Crippen molar-refractivity contribution >= 4 is 5.97 Å². The van der Waals surface area contributed by atoms with Gasteiger partial charge in [-0.2, -0.15) is 0 Å². The Bertz CT molecular complexity index is 536. The SMILES string of the molecule is COC1(CCN2CCOc3ccccc3C2C(=O)O)CCC1. The molecule has 0 aromatic heterocycles. The predicted octanol–water partition coefficient (Wildman–Crippen LogP) is 2.47. The lowest BCUT2D eigenvalue weighted by Crippen LogP contribution is -2.44. The van der Waals surface area contributed by atoms with E-state index in [2.05, 4.69) is 0 Å². The average molecular weight is 305 g/mol. The monoisotopic (exact) mass is 305 g/mol. The summed E-state index contributed by atoms with van der Waals surface area (Å²) in [5.41, 5.74) is 0.697. The van der Waals surface area contributed by atoms with E-state index in [-0.39, 0.29) is 5.60 Å². The third-order valence-corrected chi connectivity index (χ3v) is 5.00. The molecular formula is C17H23NO4. The Morgan fingerprint density at radius 2 is 2.23 bits per heavy atom. The van der Waals surface area contributed by atoms with Gasteiger partial charge in [0, 0.05) is 25.8 Å². The van der Waals surface area contributed by atoms with Crippen molar-refractivity contribution in [3.05, 3.63) is 29.8 Å². The molecule has 1 atom stereocenters. The molecule has 1 aromatic rings. The predicted molar refractivity (Wildman–Crippen MR) is 82.1 cm³/mol. The zero-order valence-electron chi connectivity index (χ0n) is 13.0. The summed E-state index contributed by atoms with van der Waals surface area (Å²) in [6.45, 7) is 1.84. The first kappa shape index (κ1) is 15.3. The molecule has 22 heavy (non-hydrogen) atoms. The molecule has 120 valence electrons. The molecule has 1 heterocycles. The molecule has 5 nitrogen and oxygen atoms in total. The Balaban J connectivity index is 1.79. The van der Waals surface area contributed by atoms with E-state index >= 15 is 0 Å². The van der Waals surface area contributed by atoms with Gasteiger partial charge in [0.15, 0.2) is 0 Å². The molecule has 0 radical (unpaired) electrons. The molecule has 2 aliphatic rings. The Morgan fingerprint density at radius 3 is 2.86 bits per heavy atom. The number of nitrogens with zero attached hydrogens (tertiary/aromatic N) is 1. The van der Waals surface area contributed by atoms with Crippen LogP contribution in [0.3, 0.4) is 0 Å². The largest absolute Gasteiger partial charge is 0.492 e. The van der Waals surface area contributed by atoms with Crippen molar-refractivity contribution in [2.45, 2.75) is 37.3 Å². The average Bonchev–Trinajstić information content (AvgIpc) is 2.65. The van der Waals surface area contributed by atoms with E-state index < -0.39 is 12.0 Å². The lowest BCUT2D eigenvalue weighted by atomic mass is 9.77. The molecule has 0 bridgehead atoms. The van der Waals surface area contributed by atoms with Gasteiger partial charge < -0.3 is 14.6 Å². The van der Waals surface area contributed by atoms with Gasteiger partial charge in [-0.1, -0.05) is 18.2 Å². The van der Waals surface area contributed by atoms with Crippen molar-refractivity contribution in [2.75, 3.05) is 26.8 Å². The van der Waals surface area contributed by atoms with Crippen LogP contribution in [0.2, 0.25) is 0 Å². The molecule has 1 N–H and O–H groups in total. The molecule has 1 fully saturated rings. The maximum absolute atomic E-state index is 11.8. The molecule has 1 unspecified atom stereocenters. The number of rotatable bonds is 5. The minimum atomic E-state index is -0.821. The van der Waals surface area contributed by atoms with E-state index in [4.69, 9.17) is 9.47 Å². The van der Waals surface area contributed by atoms with Crippen LogP contribution in [-0.4, -0.2) is 48.4 Å². The fourth-order valence-electron chi connectivity index (χ4n) is 3.44. The van der Waals surface area contributed by atoms with Crippen molar-refractivity contribution < 1.29 is 19.4 Å². The molecule has 1 aliphatic carbocycles. The van der Waals surface area contributed by atoms with Crippen LogP contribution < -0.4 is 4.74 Å². The summed E-state index contributed by atoms with van der Waals surface area (Å²) in [4.78, 5) is 13.8. The van der Waals surface area contributed by atoms with Crippen LogP contribution in [0, 0.1) is 0 Å². The van der Waals surface area contributed by atoms with E-state index in [1.807, 2.05) is 29.2 Å². The van der Waals surface area contributed by atoms with Crippen molar-refractivity contribution in [3.8, 4) is 5.75 Å². The van der Waals surface area contributed by atoms with E-state index in [1.165, 1.54) is 6.42 Å². The van der Waals surface area contributed by atoms with E-state index in [1.54, 1.807) is 7.11 Å². The highest BCUT2D eigenvalue weighted by molar-refractivity contribution is 5.76. The Kier molecular flexibility index (Phi) is 4.36. The third-order valence-electron chi connectivity index (χ3n) is 5.00. The van der Waals surface area contributed by atoms with Gasteiger partial charge in [-0.25, -0.2) is 0 Å². The van der Waals surface area contributed by atoms with E-state index in [9.17, 15) is 9.90 Å². The second-order valence-corrected chi connectivity index (χ2v) is 6.15. The number of aliphatic carboxylic acids is 1. The maximum atomic E-state index is 11.8. The molecule has 1 saturated carbocycles. The first-order valence-electron chi connectivity index (χ1n) is 7.89. The van der Waals surface area contributed by atoms with Crippen molar-refractivity contribution in [2.24, 2.45) is 0 Å². The number of carboxylic acid groups (broad SMARTS) is 1. The molecule has 1 aromatic carbocycles. The van der Waals surface area contributed by atoms with Crippen LogP contribution in [0.15, 0.2) is 24.3 Å². The van der Waals surface area contributed by atoms with Crippen LogP contribution in [-0.2, 0) is 9.53 Å². The van der Waals surface area contributed by atoms with Gasteiger partial charge in [0.25, 0.3) is 0 Å². The first-order chi connectivity index (χ1) is 10.7. The standard InChI is InChI=1S/C17H23NO4/c1-21-17(7-4-8-17)9-10-18-11-12-22-14-6-3-2-5-13(14)15(18)16(19)20/h2-3,5-6,15H,4,7-12H2,1H3,(H,19,20). The molecular weight excluding hydrogens is 282 g/mol. The van der Waals surface area contributed by atoms with Gasteiger partial charge in [0.1, 0.15) is 18.4 Å². The number of ether oxygens (including phenoxy) is 2. The highest BCUT2D eigenvalue weighted by atomic mass is 16.5. The minimum absolute atomic E-state index is 0.0459. The highest BCUT2D eigenvalue weighted by Gasteiger charge is 2.39. The number of carbonyl (C=O) groups is 1. The second-order valence-electron chi connectivity index (χ2n) is 6.15. The van der Waals surface area contributed by atoms with Crippen LogP contribution in [0.4, 0.5) is 0 Å². The topological polar surface area (TPSA) is 59.0 Å². The van der Waals surface area contributed by atoms with Crippen LogP contribution in [0.5, 0.6) is 5.75 Å². The van der Waals surface area contributed by atoms with Gasteiger partial charge in [-0.15, -0.1) is 0 Å². The quantitative estimate of drug-likeness (QED) is 0.905. The smallest absolute Gasteiger partial charge is 0.325 e. The zero-order valence-corrected chi connectivity index (χ0v) is 13.0. The van der Waals surface area contributed by atoms with Crippen molar-refractivity contribution in [3.63, 3.8) is 0 Å². The van der Waals surface area contributed by atoms with Gasteiger partial charge in [-0.3, -0.25) is 9.69 Å². The van der Waals surface area contributed by atoms with E-state index in [0.717, 1.165) is 24.8 Å². The van der Waals surface area contributed by atoms with Crippen molar-refractivity contribution in [1.29, 1.82) is 0 Å². The number of fused-ring (bicyclic) bond motifs is 1. The first-order valence-corrected chi connectivity index (χ1v) is 7.89. The molecule has 0 amide bonds. The fourth-order valence-corrected chi connectivity index (χ4v) is 3.44. The number of para-hydroxylation sites is 1. The second kappa shape index (κ2) is 6.26. The number of hydrogen-bond acceptors (Lipinski definition) is 4. The zero-order chi connectivity index (χ0) is 15.6. The van der Waals surface area contributed by atoms with Crippen LogP contribution in [0.1, 0.15) is 37.3 Å². The number of methoxy groups -OCH3 is 1. The van der Waals surface area contributed by atoms with Crippen molar-refractivity contribution in [1.82, 2.24) is 4.90 Å². The summed E-state index contributed by atoms with van der Waals surface area (Å²) in [5.74, 6) is -0.138.